The number of amides is 1. The van der Waals surface area contributed by atoms with E-state index in [0.29, 0.717) is 0 Å². The van der Waals surface area contributed by atoms with Crippen LogP contribution in [0.2, 0.25) is 0 Å². The van der Waals surface area contributed by atoms with Crippen LogP contribution in [0.4, 0.5) is 4.79 Å². The van der Waals surface area contributed by atoms with Crippen molar-refractivity contribution >= 4 is 6.09 Å². The van der Waals surface area contributed by atoms with Crippen LogP contribution < -0.4 is 15.2 Å². The molecular weight excluding hydrogens is 408 g/mol. The molecule has 0 saturated carbocycles. The summed E-state index contributed by atoms with van der Waals surface area (Å²) in [7, 11) is 0. The second kappa shape index (κ2) is 8.92. The SMILES string of the molecule is NC(=O)OC1CCN(CC2Cc3ccc(Oc4ccc(-c5ccn[nH]5)cc4)cc3O2)CC1. The van der Waals surface area contributed by atoms with Crippen molar-refractivity contribution in [2.45, 2.75) is 31.5 Å². The Kier molecular flexibility index (Phi) is 5.68. The molecular formula is C24H26N4O4. The number of hydrogen-bond acceptors (Lipinski definition) is 6. The summed E-state index contributed by atoms with van der Waals surface area (Å²) in [5.41, 5.74) is 8.34. The van der Waals surface area contributed by atoms with E-state index in [1.165, 1.54) is 5.56 Å². The van der Waals surface area contributed by atoms with Gasteiger partial charge in [-0.15, -0.1) is 0 Å². The first kappa shape index (κ1) is 20.4. The number of carbonyl (C=O) groups is 1. The normalized spacial score (nSPS) is 18.7. The van der Waals surface area contributed by atoms with E-state index in [-0.39, 0.29) is 12.2 Å². The second-order valence-electron chi connectivity index (χ2n) is 8.25. The van der Waals surface area contributed by atoms with Crippen LogP contribution in [0.1, 0.15) is 18.4 Å². The van der Waals surface area contributed by atoms with E-state index in [1.807, 2.05) is 42.5 Å². The molecule has 32 heavy (non-hydrogen) atoms. The molecule has 1 atom stereocenters. The standard InChI is InChI=1S/C24H26N4O4/c25-24(29)32-19-8-11-28(12-9-19)15-21-13-17-3-6-20(14-23(17)31-21)30-18-4-1-16(2-5-18)22-7-10-26-27-22/h1-7,10,14,19,21H,8-9,11-13,15H2,(H2,25,29)(H,26,27). The number of nitrogens with one attached hydrogen (secondary N) is 1. The van der Waals surface area contributed by atoms with Crippen LogP contribution in [0, 0.1) is 0 Å². The molecule has 1 fully saturated rings. The van der Waals surface area contributed by atoms with Gasteiger partial charge in [-0.25, -0.2) is 4.79 Å². The molecule has 0 aliphatic carbocycles. The van der Waals surface area contributed by atoms with Crippen LogP contribution in [0.15, 0.2) is 54.7 Å². The summed E-state index contributed by atoms with van der Waals surface area (Å²) in [4.78, 5) is 13.3. The second-order valence-corrected chi connectivity index (χ2v) is 8.25. The van der Waals surface area contributed by atoms with Gasteiger partial charge in [-0.3, -0.25) is 10.00 Å². The van der Waals surface area contributed by atoms with Crippen LogP contribution in [0.25, 0.3) is 11.3 Å². The first-order chi connectivity index (χ1) is 15.6. The first-order valence-electron chi connectivity index (χ1n) is 10.9. The number of ether oxygens (including phenoxy) is 3. The van der Waals surface area contributed by atoms with Crippen molar-refractivity contribution in [1.29, 1.82) is 0 Å². The highest BCUT2D eigenvalue weighted by atomic mass is 16.6. The molecule has 3 aromatic rings. The largest absolute Gasteiger partial charge is 0.488 e. The molecule has 1 aromatic heterocycles. The lowest BCUT2D eigenvalue weighted by atomic mass is 10.1. The molecule has 0 bridgehead atoms. The van der Waals surface area contributed by atoms with Crippen LogP contribution in [-0.4, -0.2) is 53.0 Å². The Bertz CT molecular complexity index is 1060. The number of piperidine rings is 1. The van der Waals surface area contributed by atoms with Crippen LogP contribution in [-0.2, 0) is 11.2 Å². The Hall–Kier alpha value is -3.52. The highest BCUT2D eigenvalue weighted by Gasteiger charge is 2.28. The lowest BCUT2D eigenvalue weighted by Gasteiger charge is -2.32. The zero-order valence-corrected chi connectivity index (χ0v) is 17.7. The molecule has 0 spiro atoms. The minimum atomic E-state index is -0.690. The van der Waals surface area contributed by atoms with Crippen molar-refractivity contribution in [2.24, 2.45) is 5.73 Å². The smallest absolute Gasteiger partial charge is 0.404 e. The average molecular weight is 434 g/mol. The molecule has 3 N–H and O–H groups in total. The maximum absolute atomic E-state index is 10.9. The number of aromatic nitrogens is 2. The number of aromatic amines is 1. The number of benzene rings is 2. The molecule has 8 nitrogen and oxygen atoms in total. The lowest BCUT2D eigenvalue weighted by Crippen LogP contribution is -2.43. The fraction of sp³-hybridized carbons (Fsp3) is 0.333. The summed E-state index contributed by atoms with van der Waals surface area (Å²) in [6.45, 7) is 2.59. The van der Waals surface area contributed by atoms with Gasteiger partial charge in [0.25, 0.3) is 0 Å². The minimum Gasteiger partial charge on any atom is -0.488 e. The van der Waals surface area contributed by atoms with Crippen molar-refractivity contribution in [3.63, 3.8) is 0 Å². The van der Waals surface area contributed by atoms with E-state index in [2.05, 4.69) is 21.2 Å². The third-order valence-corrected chi connectivity index (χ3v) is 5.96. The van der Waals surface area contributed by atoms with Crippen molar-refractivity contribution in [3.05, 3.63) is 60.3 Å². The number of H-pyrrole nitrogens is 1. The van der Waals surface area contributed by atoms with E-state index in [1.54, 1.807) is 6.20 Å². The number of fused-ring (bicyclic) bond motifs is 1. The van der Waals surface area contributed by atoms with Crippen molar-refractivity contribution in [2.75, 3.05) is 19.6 Å². The number of primary amides is 1. The van der Waals surface area contributed by atoms with Crippen LogP contribution in [0.5, 0.6) is 17.2 Å². The molecule has 1 saturated heterocycles. The first-order valence-corrected chi connectivity index (χ1v) is 10.9. The summed E-state index contributed by atoms with van der Waals surface area (Å²) < 4.78 is 17.4. The third kappa shape index (κ3) is 4.70. The number of nitrogens with two attached hydrogens (primary N) is 1. The van der Waals surface area contributed by atoms with Gasteiger partial charge in [0.2, 0.25) is 0 Å². The molecule has 1 amide bonds. The molecule has 0 radical (unpaired) electrons. The lowest BCUT2D eigenvalue weighted by molar-refractivity contribution is 0.0445. The number of likely N-dealkylation sites (tertiary alicyclic amines) is 1. The van der Waals surface area contributed by atoms with Gasteiger partial charge in [-0.2, -0.15) is 5.10 Å². The molecule has 5 rings (SSSR count). The molecule has 1 unspecified atom stereocenters. The van der Waals surface area contributed by atoms with Gasteiger partial charge in [-0.05, 0) is 60.4 Å². The van der Waals surface area contributed by atoms with Crippen molar-refractivity contribution in [3.8, 4) is 28.5 Å². The van der Waals surface area contributed by atoms with Gasteiger partial charge in [0, 0.05) is 38.3 Å². The van der Waals surface area contributed by atoms with Gasteiger partial charge in [-0.1, -0.05) is 6.07 Å². The van der Waals surface area contributed by atoms with Gasteiger partial charge in [0.1, 0.15) is 29.5 Å². The number of carbonyl (C=O) groups excluding carboxylic acids is 1. The maximum atomic E-state index is 10.9. The zero-order chi connectivity index (χ0) is 21.9. The van der Waals surface area contributed by atoms with E-state index in [4.69, 9.17) is 19.9 Å². The Morgan fingerprint density at radius 3 is 2.62 bits per heavy atom. The minimum absolute atomic E-state index is 0.0706. The fourth-order valence-electron chi connectivity index (χ4n) is 4.36. The molecule has 2 aliphatic heterocycles. The molecule has 2 aliphatic rings. The predicted octanol–water partition coefficient (Wildman–Crippen LogP) is 3.73. The van der Waals surface area contributed by atoms with E-state index >= 15 is 0 Å². The number of rotatable bonds is 6. The van der Waals surface area contributed by atoms with E-state index < -0.39 is 6.09 Å². The Morgan fingerprint density at radius 1 is 1.12 bits per heavy atom. The van der Waals surface area contributed by atoms with Crippen molar-refractivity contribution < 1.29 is 19.0 Å². The summed E-state index contributed by atoms with van der Waals surface area (Å²) in [5.74, 6) is 2.40. The predicted molar refractivity (Wildman–Crippen MR) is 119 cm³/mol. The van der Waals surface area contributed by atoms with Gasteiger partial charge in [0.05, 0.1) is 5.69 Å². The quantitative estimate of drug-likeness (QED) is 0.613. The van der Waals surface area contributed by atoms with Crippen molar-refractivity contribution in [1.82, 2.24) is 15.1 Å². The zero-order valence-electron chi connectivity index (χ0n) is 17.7. The highest BCUT2D eigenvalue weighted by Crippen LogP contribution is 2.35. The fourth-order valence-corrected chi connectivity index (χ4v) is 4.36. The molecule has 2 aromatic carbocycles. The van der Waals surface area contributed by atoms with Crippen LogP contribution in [0.3, 0.4) is 0 Å². The molecule has 8 heteroatoms. The Morgan fingerprint density at radius 2 is 1.91 bits per heavy atom. The van der Waals surface area contributed by atoms with Gasteiger partial charge in [0.15, 0.2) is 0 Å². The summed E-state index contributed by atoms with van der Waals surface area (Å²) in [6.07, 6.45) is 3.58. The molecule has 3 heterocycles. The van der Waals surface area contributed by atoms with Gasteiger partial charge >= 0.3 is 6.09 Å². The number of hydrogen-bond donors (Lipinski definition) is 2. The number of nitrogens with zero attached hydrogens (tertiary/aromatic N) is 2. The summed E-state index contributed by atoms with van der Waals surface area (Å²) >= 11 is 0. The maximum Gasteiger partial charge on any atom is 0.404 e. The Balaban J connectivity index is 1.15. The Labute approximate surface area is 186 Å². The topological polar surface area (TPSA) is 103 Å². The highest BCUT2D eigenvalue weighted by molar-refractivity contribution is 5.64. The molecule has 166 valence electrons. The summed E-state index contributed by atoms with van der Waals surface area (Å²) in [5, 5.41) is 6.94. The van der Waals surface area contributed by atoms with E-state index in [0.717, 1.165) is 67.4 Å². The van der Waals surface area contributed by atoms with Gasteiger partial charge < -0.3 is 19.9 Å². The summed E-state index contributed by atoms with van der Waals surface area (Å²) in [6, 6.07) is 15.8. The van der Waals surface area contributed by atoms with Crippen LogP contribution >= 0.6 is 0 Å². The third-order valence-electron chi connectivity index (χ3n) is 5.96. The average Bonchev–Trinajstić information content (AvgIpc) is 3.45. The monoisotopic (exact) mass is 434 g/mol. The van der Waals surface area contributed by atoms with E-state index in [9.17, 15) is 4.79 Å².